The van der Waals surface area contributed by atoms with Gasteiger partial charge in [0, 0.05) is 38.9 Å². The highest BCUT2D eigenvalue weighted by atomic mass is 16.5. The van der Waals surface area contributed by atoms with Crippen LogP contribution in [0.2, 0.25) is 0 Å². The van der Waals surface area contributed by atoms with Gasteiger partial charge in [0.25, 0.3) is 5.91 Å². The third-order valence-electron chi connectivity index (χ3n) is 4.39. The first kappa shape index (κ1) is 15.7. The van der Waals surface area contributed by atoms with Gasteiger partial charge >= 0.3 is 0 Å². The summed E-state index contributed by atoms with van der Waals surface area (Å²) in [6.45, 7) is 3.35. The summed E-state index contributed by atoms with van der Waals surface area (Å²) in [5.41, 5.74) is 1.34. The molecule has 0 aromatic carbocycles. The lowest BCUT2D eigenvalue weighted by atomic mass is 9.91. The number of aryl methyl sites for hydroxylation is 2. The predicted octanol–water partition coefficient (Wildman–Crippen LogP) is 2.02. The molecule has 23 heavy (non-hydrogen) atoms. The Labute approximate surface area is 135 Å². The lowest BCUT2D eigenvalue weighted by molar-refractivity contribution is 0.0498. The molecule has 3 rings (SSSR count). The molecule has 0 bridgehead atoms. The number of hydrogen-bond donors (Lipinski definition) is 1. The number of hydrogen-bond acceptors (Lipinski definition) is 4. The number of nitrogens with one attached hydrogen (secondary N) is 1. The summed E-state index contributed by atoms with van der Waals surface area (Å²) in [6.07, 6.45) is 7.14. The van der Waals surface area contributed by atoms with Gasteiger partial charge in [0.1, 0.15) is 11.5 Å². The van der Waals surface area contributed by atoms with Crippen LogP contribution in [-0.2, 0) is 11.8 Å². The van der Waals surface area contributed by atoms with Crippen molar-refractivity contribution in [2.45, 2.75) is 25.8 Å². The van der Waals surface area contributed by atoms with E-state index in [1.165, 1.54) is 0 Å². The average Bonchev–Trinajstić information content (AvgIpc) is 2.99. The number of carbonyl (C=O) groups excluding carboxylic acids is 1. The summed E-state index contributed by atoms with van der Waals surface area (Å²) >= 11 is 0. The molecule has 1 amide bonds. The van der Waals surface area contributed by atoms with E-state index in [2.05, 4.69) is 15.3 Å². The zero-order valence-corrected chi connectivity index (χ0v) is 13.5. The van der Waals surface area contributed by atoms with Crippen LogP contribution in [0.4, 0.5) is 0 Å². The summed E-state index contributed by atoms with van der Waals surface area (Å²) < 4.78 is 7.42. The molecule has 2 aromatic heterocycles. The Balaban J connectivity index is 1.85. The molecule has 1 N–H and O–H groups in total. The zero-order valence-electron chi connectivity index (χ0n) is 13.5. The fourth-order valence-electron chi connectivity index (χ4n) is 3.05. The van der Waals surface area contributed by atoms with Gasteiger partial charge in [-0.3, -0.25) is 9.78 Å². The molecule has 2 aromatic rings. The van der Waals surface area contributed by atoms with Crippen molar-refractivity contribution >= 4 is 5.91 Å². The van der Waals surface area contributed by atoms with Crippen molar-refractivity contribution in [2.75, 3.05) is 13.2 Å². The molecule has 1 fully saturated rings. The first-order valence-corrected chi connectivity index (χ1v) is 7.94. The quantitative estimate of drug-likeness (QED) is 0.937. The van der Waals surface area contributed by atoms with Crippen molar-refractivity contribution in [2.24, 2.45) is 13.0 Å². The van der Waals surface area contributed by atoms with E-state index in [4.69, 9.17) is 4.74 Å². The van der Waals surface area contributed by atoms with Crippen molar-refractivity contribution in [3.63, 3.8) is 0 Å². The van der Waals surface area contributed by atoms with Crippen molar-refractivity contribution in [1.82, 2.24) is 19.9 Å². The smallest absolute Gasteiger partial charge is 0.270 e. The monoisotopic (exact) mass is 314 g/mol. The zero-order chi connectivity index (χ0) is 16.2. The number of rotatable bonds is 4. The molecule has 6 nitrogen and oxygen atoms in total. The molecule has 0 aliphatic carbocycles. The molecule has 1 atom stereocenters. The maximum atomic E-state index is 12.7. The Bertz CT molecular complexity index is 677. The highest BCUT2D eigenvalue weighted by Gasteiger charge is 2.30. The van der Waals surface area contributed by atoms with Gasteiger partial charge in [-0.05, 0) is 37.3 Å². The van der Waals surface area contributed by atoms with E-state index < -0.39 is 0 Å². The molecule has 6 heteroatoms. The highest BCUT2D eigenvalue weighted by molar-refractivity contribution is 5.93. The van der Waals surface area contributed by atoms with E-state index in [9.17, 15) is 4.79 Å². The van der Waals surface area contributed by atoms with Crippen molar-refractivity contribution in [3.8, 4) is 0 Å². The first-order valence-electron chi connectivity index (χ1n) is 7.94. The molecular weight excluding hydrogens is 292 g/mol. The van der Waals surface area contributed by atoms with Crippen LogP contribution in [0, 0.1) is 12.8 Å². The van der Waals surface area contributed by atoms with Gasteiger partial charge in [-0.1, -0.05) is 6.07 Å². The number of imidazole rings is 1. The van der Waals surface area contributed by atoms with E-state index in [0.717, 1.165) is 37.4 Å². The van der Waals surface area contributed by atoms with E-state index in [1.54, 1.807) is 12.4 Å². The number of carbonyl (C=O) groups is 1. The molecular formula is C17H22N4O2. The van der Waals surface area contributed by atoms with Gasteiger partial charge in [0.2, 0.25) is 0 Å². The van der Waals surface area contributed by atoms with Crippen molar-refractivity contribution < 1.29 is 9.53 Å². The van der Waals surface area contributed by atoms with Gasteiger partial charge in [0.15, 0.2) is 0 Å². The summed E-state index contributed by atoms with van der Waals surface area (Å²) in [6, 6.07) is 3.60. The Kier molecular flexibility index (Phi) is 4.71. The SMILES string of the molecule is Cc1cccnc1C(=O)N[C@H](c1nccn1C)C1CCOCC1. The third-order valence-corrected chi connectivity index (χ3v) is 4.39. The Hall–Kier alpha value is -2.21. The summed E-state index contributed by atoms with van der Waals surface area (Å²) in [7, 11) is 1.95. The second-order valence-electron chi connectivity index (χ2n) is 5.97. The largest absolute Gasteiger partial charge is 0.381 e. The molecule has 1 saturated heterocycles. The molecule has 1 aliphatic rings. The van der Waals surface area contributed by atoms with Crippen LogP contribution in [0.3, 0.4) is 0 Å². The fourth-order valence-corrected chi connectivity index (χ4v) is 3.05. The molecule has 0 saturated carbocycles. The normalized spacial score (nSPS) is 17.0. The van der Waals surface area contributed by atoms with Crippen molar-refractivity contribution in [1.29, 1.82) is 0 Å². The van der Waals surface area contributed by atoms with Gasteiger partial charge in [-0.25, -0.2) is 4.98 Å². The highest BCUT2D eigenvalue weighted by Crippen LogP contribution is 2.29. The van der Waals surface area contributed by atoms with Crippen LogP contribution in [0.25, 0.3) is 0 Å². The average molecular weight is 314 g/mol. The molecule has 122 valence electrons. The number of ether oxygens (including phenoxy) is 1. The van der Waals surface area contributed by atoms with Crippen LogP contribution < -0.4 is 5.32 Å². The van der Waals surface area contributed by atoms with Crippen LogP contribution in [0.1, 0.15) is 40.8 Å². The topological polar surface area (TPSA) is 69.0 Å². The fraction of sp³-hybridized carbons (Fsp3) is 0.471. The Morgan fingerprint density at radius 1 is 1.35 bits per heavy atom. The second kappa shape index (κ2) is 6.91. The first-order chi connectivity index (χ1) is 11.2. The van der Waals surface area contributed by atoms with Crippen LogP contribution in [-0.4, -0.2) is 33.7 Å². The van der Waals surface area contributed by atoms with Gasteiger partial charge in [-0.15, -0.1) is 0 Å². The minimum Gasteiger partial charge on any atom is -0.381 e. The minimum absolute atomic E-state index is 0.132. The van der Waals surface area contributed by atoms with E-state index in [1.807, 2.05) is 36.9 Å². The number of nitrogens with zero attached hydrogens (tertiary/aromatic N) is 3. The minimum atomic E-state index is -0.150. The summed E-state index contributed by atoms with van der Waals surface area (Å²) in [5.74, 6) is 1.04. The number of amides is 1. The summed E-state index contributed by atoms with van der Waals surface area (Å²) in [4.78, 5) is 21.3. The second-order valence-corrected chi connectivity index (χ2v) is 5.97. The summed E-state index contributed by atoms with van der Waals surface area (Å²) in [5, 5.41) is 3.15. The number of pyridine rings is 1. The van der Waals surface area contributed by atoms with E-state index in [-0.39, 0.29) is 11.9 Å². The lowest BCUT2D eigenvalue weighted by Gasteiger charge is -2.30. The van der Waals surface area contributed by atoms with Crippen LogP contribution in [0.5, 0.6) is 0 Å². The molecule has 0 spiro atoms. The van der Waals surface area contributed by atoms with Gasteiger partial charge < -0.3 is 14.6 Å². The lowest BCUT2D eigenvalue weighted by Crippen LogP contribution is -2.38. The van der Waals surface area contributed by atoms with E-state index in [0.29, 0.717) is 11.6 Å². The van der Waals surface area contributed by atoms with Crippen LogP contribution in [0.15, 0.2) is 30.7 Å². The van der Waals surface area contributed by atoms with Crippen molar-refractivity contribution in [3.05, 3.63) is 47.8 Å². The Morgan fingerprint density at radius 2 is 2.13 bits per heavy atom. The third kappa shape index (κ3) is 3.42. The molecule has 0 radical (unpaired) electrons. The van der Waals surface area contributed by atoms with E-state index >= 15 is 0 Å². The number of aromatic nitrogens is 3. The van der Waals surface area contributed by atoms with Gasteiger partial charge in [0.05, 0.1) is 6.04 Å². The maximum absolute atomic E-state index is 12.7. The Morgan fingerprint density at radius 3 is 2.78 bits per heavy atom. The van der Waals surface area contributed by atoms with Crippen LogP contribution >= 0.6 is 0 Å². The molecule has 0 unspecified atom stereocenters. The maximum Gasteiger partial charge on any atom is 0.270 e. The standard InChI is InChI=1S/C17H22N4O2/c1-12-4-3-7-18-14(12)17(22)20-15(13-5-10-23-11-6-13)16-19-8-9-21(16)2/h3-4,7-9,13,15H,5-6,10-11H2,1-2H3,(H,20,22)/t15-/m0/s1. The molecule has 1 aliphatic heterocycles. The predicted molar refractivity (Wildman–Crippen MR) is 85.9 cm³/mol. The molecule has 3 heterocycles. The van der Waals surface area contributed by atoms with Gasteiger partial charge in [-0.2, -0.15) is 0 Å².